The second-order valence-corrected chi connectivity index (χ2v) is 2.96. The first-order valence-corrected chi connectivity index (χ1v) is 4.53. The highest BCUT2D eigenvalue weighted by atomic mass is 16.5. The summed E-state index contributed by atoms with van der Waals surface area (Å²) in [5.74, 6) is 0.518. The lowest BCUT2D eigenvalue weighted by Gasteiger charge is -2.07. The minimum Gasteiger partial charge on any atom is -0.496 e. The van der Waals surface area contributed by atoms with Crippen molar-refractivity contribution in [3.63, 3.8) is 0 Å². The van der Waals surface area contributed by atoms with Crippen LogP contribution in [0.15, 0.2) is 18.2 Å². The standard InChI is InChI=1S/C11H14O3/c1-3-8-6-9(10(13)7-12)4-5-11(8)14-2/h4-6,12H,3,7H2,1-2H3. The quantitative estimate of drug-likeness (QED) is 0.737. The van der Waals surface area contributed by atoms with E-state index in [2.05, 4.69) is 0 Å². The van der Waals surface area contributed by atoms with Crippen LogP contribution in [0.3, 0.4) is 0 Å². The number of ether oxygens (including phenoxy) is 1. The van der Waals surface area contributed by atoms with Crippen LogP contribution >= 0.6 is 0 Å². The molecule has 0 aliphatic rings. The highest BCUT2D eigenvalue weighted by Gasteiger charge is 2.07. The molecule has 0 bridgehead atoms. The number of ketones is 1. The number of rotatable bonds is 4. The molecule has 1 aromatic rings. The van der Waals surface area contributed by atoms with E-state index in [0.29, 0.717) is 5.56 Å². The van der Waals surface area contributed by atoms with Gasteiger partial charge in [0.1, 0.15) is 12.4 Å². The fraction of sp³-hybridized carbons (Fsp3) is 0.364. The van der Waals surface area contributed by atoms with Crippen LogP contribution in [0.4, 0.5) is 0 Å². The fourth-order valence-electron chi connectivity index (χ4n) is 1.32. The summed E-state index contributed by atoms with van der Waals surface area (Å²) in [6.45, 7) is 1.54. The SMILES string of the molecule is CCc1cc(C(=O)CO)ccc1OC. The number of carbonyl (C=O) groups excluding carboxylic acids is 1. The van der Waals surface area contributed by atoms with Gasteiger partial charge in [0.25, 0.3) is 0 Å². The molecule has 0 aromatic heterocycles. The molecule has 0 heterocycles. The van der Waals surface area contributed by atoms with Crippen LogP contribution in [-0.2, 0) is 6.42 Å². The normalized spacial score (nSPS) is 9.93. The van der Waals surface area contributed by atoms with Crippen molar-refractivity contribution in [2.45, 2.75) is 13.3 Å². The molecule has 0 saturated carbocycles. The summed E-state index contributed by atoms with van der Waals surface area (Å²) in [6.07, 6.45) is 0.801. The molecular formula is C11H14O3. The van der Waals surface area contributed by atoms with Crippen molar-refractivity contribution >= 4 is 5.78 Å². The number of aliphatic hydroxyl groups excluding tert-OH is 1. The van der Waals surface area contributed by atoms with Crippen LogP contribution in [0.2, 0.25) is 0 Å². The second-order valence-electron chi connectivity index (χ2n) is 2.96. The van der Waals surface area contributed by atoms with Crippen LogP contribution in [0.25, 0.3) is 0 Å². The van der Waals surface area contributed by atoms with Crippen LogP contribution in [0.1, 0.15) is 22.8 Å². The third-order valence-electron chi connectivity index (χ3n) is 2.13. The fourth-order valence-corrected chi connectivity index (χ4v) is 1.32. The number of hydrogen-bond donors (Lipinski definition) is 1. The van der Waals surface area contributed by atoms with Crippen molar-refractivity contribution in [1.29, 1.82) is 0 Å². The van der Waals surface area contributed by atoms with E-state index in [4.69, 9.17) is 9.84 Å². The summed E-state index contributed by atoms with van der Waals surface area (Å²) in [5.41, 5.74) is 1.51. The van der Waals surface area contributed by atoms with E-state index in [1.807, 2.05) is 6.92 Å². The lowest BCUT2D eigenvalue weighted by molar-refractivity contribution is 0.0903. The topological polar surface area (TPSA) is 46.5 Å². The number of Topliss-reactive ketones (excluding diaryl/α,β-unsaturated/α-hetero) is 1. The summed E-state index contributed by atoms with van der Waals surface area (Å²) < 4.78 is 5.13. The largest absolute Gasteiger partial charge is 0.496 e. The Labute approximate surface area is 83.3 Å². The van der Waals surface area contributed by atoms with Gasteiger partial charge in [0.2, 0.25) is 0 Å². The van der Waals surface area contributed by atoms with Crippen molar-refractivity contribution in [2.75, 3.05) is 13.7 Å². The van der Waals surface area contributed by atoms with Crippen molar-refractivity contribution in [2.24, 2.45) is 0 Å². The lowest BCUT2D eigenvalue weighted by Crippen LogP contribution is -2.05. The summed E-state index contributed by atoms with van der Waals surface area (Å²) >= 11 is 0. The van der Waals surface area contributed by atoms with Crippen LogP contribution in [0, 0.1) is 0 Å². The van der Waals surface area contributed by atoms with Gasteiger partial charge in [0.15, 0.2) is 5.78 Å². The Bertz CT molecular complexity index is 331. The van der Waals surface area contributed by atoms with Crippen molar-refractivity contribution in [3.8, 4) is 5.75 Å². The molecule has 3 heteroatoms. The zero-order valence-electron chi connectivity index (χ0n) is 8.41. The van der Waals surface area contributed by atoms with Crippen LogP contribution in [-0.4, -0.2) is 24.6 Å². The third kappa shape index (κ3) is 2.12. The number of benzene rings is 1. The highest BCUT2D eigenvalue weighted by molar-refractivity contribution is 5.97. The van der Waals surface area contributed by atoms with E-state index in [9.17, 15) is 4.79 Å². The van der Waals surface area contributed by atoms with E-state index < -0.39 is 6.61 Å². The Morgan fingerprint density at radius 1 is 1.50 bits per heavy atom. The molecule has 0 aliphatic carbocycles. The molecule has 76 valence electrons. The van der Waals surface area contributed by atoms with Crippen molar-refractivity contribution in [3.05, 3.63) is 29.3 Å². The molecule has 1 N–H and O–H groups in total. The second kappa shape index (κ2) is 4.77. The first-order valence-electron chi connectivity index (χ1n) is 4.53. The lowest BCUT2D eigenvalue weighted by atomic mass is 10.0. The van der Waals surface area contributed by atoms with Crippen molar-refractivity contribution in [1.82, 2.24) is 0 Å². The minimum absolute atomic E-state index is 0.262. The number of aliphatic hydroxyl groups is 1. The van der Waals surface area contributed by atoms with Crippen LogP contribution < -0.4 is 4.74 Å². The average Bonchev–Trinajstić information content (AvgIpc) is 2.26. The zero-order valence-corrected chi connectivity index (χ0v) is 8.41. The van der Waals surface area contributed by atoms with Gasteiger partial charge in [-0.05, 0) is 30.2 Å². The van der Waals surface area contributed by atoms with Gasteiger partial charge < -0.3 is 9.84 Å². The summed E-state index contributed by atoms with van der Waals surface area (Å²) in [4.78, 5) is 11.2. The number of hydrogen-bond acceptors (Lipinski definition) is 3. The minimum atomic E-state index is -0.449. The molecule has 0 aliphatic heterocycles. The molecule has 0 fully saturated rings. The summed E-state index contributed by atoms with van der Waals surface area (Å²) in [6, 6.07) is 5.18. The van der Waals surface area contributed by atoms with Gasteiger partial charge in [0.05, 0.1) is 7.11 Å². The van der Waals surface area contributed by atoms with Gasteiger partial charge in [-0.15, -0.1) is 0 Å². The average molecular weight is 194 g/mol. The maximum absolute atomic E-state index is 11.2. The summed E-state index contributed by atoms with van der Waals surface area (Å²) in [5, 5.41) is 8.70. The van der Waals surface area contributed by atoms with E-state index >= 15 is 0 Å². The number of methoxy groups -OCH3 is 1. The Kier molecular flexibility index (Phi) is 3.65. The first kappa shape index (κ1) is 10.7. The Balaban J connectivity index is 3.07. The van der Waals surface area contributed by atoms with E-state index in [1.54, 1.807) is 25.3 Å². The molecule has 0 amide bonds. The van der Waals surface area contributed by atoms with Crippen LogP contribution in [0.5, 0.6) is 5.75 Å². The molecule has 0 radical (unpaired) electrons. The van der Waals surface area contributed by atoms with Gasteiger partial charge in [-0.1, -0.05) is 6.92 Å². The van der Waals surface area contributed by atoms with Gasteiger partial charge in [-0.25, -0.2) is 0 Å². The predicted octanol–water partition coefficient (Wildman–Crippen LogP) is 1.43. The Hall–Kier alpha value is -1.35. The first-order chi connectivity index (χ1) is 6.72. The number of aryl methyl sites for hydroxylation is 1. The monoisotopic (exact) mass is 194 g/mol. The van der Waals surface area contributed by atoms with Gasteiger partial charge in [-0.2, -0.15) is 0 Å². The van der Waals surface area contributed by atoms with E-state index in [0.717, 1.165) is 17.7 Å². The summed E-state index contributed by atoms with van der Waals surface area (Å²) in [7, 11) is 1.60. The predicted molar refractivity (Wildman–Crippen MR) is 53.8 cm³/mol. The molecule has 0 saturated heterocycles. The smallest absolute Gasteiger partial charge is 0.188 e. The van der Waals surface area contributed by atoms with E-state index in [1.165, 1.54) is 0 Å². The third-order valence-corrected chi connectivity index (χ3v) is 2.13. The molecule has 0 atom stereocenters. The van der Waals surface area contributed by atoms with Gasteiger partial charge >= 0.3 is 0 Å². The highest BCUT2D eigenvalue weighted by Crippen LogP contribution is 2.20. The van der Waals surface area contributed by atoms with E-state index in [-0.39, 0.29) is 5.78 Å². The van der Waals surface area contributed by atoms with Gasteiger partial charge in [0, 0.05) is 5.56 Å². The molecule has 14 heavy (non-hydrogen) atoms. The Morgan fingerprint density at radius 3 is 2.71 bits per heavy atom. The molecule has 0 spiro atoms. The Morgan fingerprint density at radius 2 is 2.21 bits per heavy atom. The molecule has 0 unspecified atom stereocenters. The molecule has 1 aromatic carbocycles. The number of carbonyl (C=O) groups is 1. The maximum Gasteiger partial charge on any atom is 0.188 e. The molecule has 1 rings (SSSR count). The molecule has 3 nitrogen and oxygen atoms in total. The van der Waals surface area contributed by atoms with Crippen molar-refractivity contribution < 1.29 is 14.6 Å². The molecular weight excluding hydrogens is 180 g/mol. The van der Waals surface area contributed by atoms with Gasteiger partial charge in [-0.3, -0.25) is 4.79 Å². The maximum atomic E-state index is 11.2. The zero-order chi connectivity index (χ0) is 10.6.